The predicted octanol–water partition coefficient (Wildman–Crippen LogP) is 6.04. The van der Waals surface area contributed by atoms with Crippen molar-refractivity contribution in [3.63, 3.8) is 0 Å². The number of aromatic nitrogens is 3. The first-order valence-electron chi connectivity index (χ1n) is 8.23. The second kappa shape index (κ2) is 8.20. The van der Waals surface area contributed by atoms with Crippen LogP contribution in [0.15, 0.2) is 30.6 Å². The van der Waals surface area contributed by atoms with E-state index in [9.17, 15) is 13.6 Å². The van der Waals surface area contributed by atoms with Crippen LogP contribution in [-0.2, 0) is 0 Å². The Hall–Kier alpha value is -2.58. The van der Waals surface area contributed by atoms with Crippen LogP contribution in [0.2, 0.25) is 10.2 Å². The van der Waals surface area contributed by atoms with Crippen molar-refractivity contribution in [1.29, 1.82) is 0 Å². The van der Waals surface area contributed by atoms with Gasteiger partial charge in [-0.25, -0.2) is 18.6 Å². The summed E-state index contributed by atoms with van der Waals surface area (Å²) < 4.78 is 25.4. The topological polar surface area (TPSA) is 79.8 Å². The highest BCUT2D eigenvalue weighted by Crippen LogP contribution is 2.31. The molecule has 3 aromatic rings. The van der Waals surface area contributed by atoms with Gasteiger partial charge in [0.25, 0.3) is 6.43 Å². The fourth-order valence-corrected chi connectivity index (χ4v) is 3.10. The van der Waals surface area contributed by atoms with Gasteiger partial charge >= 0.3 is 6.03 Å². The second-order valence-corrected chi connectivity index (χ2v) is 7.01. The molecule has 0 radical (unpaired) electrons. The van der Waals surface area contributed by atoms with Gasteiger partial charge in [-0.05, 0) is 24.1 Å². The number of halogens is 4. The van der Waals surface area contributed by atoms with Gasteiger partial charge in [0.1, 0.15) is 10.8 Å². The molecule has 6 nitrogen and oxygen atoms in total. The summed E-state index contributed by atoms with van der Waals surface area (Å²) in [5.74, 6) is 0.0215. The number of carbonyl (C=O) groups is 1. The van der Waals surface area contributed by atoms with Crippen molar-refractivity contribution in [1.82, 2.24) is 15.0 Å². The molecule has 2 N–H and O–H groups in total. The number of rotatable bonds is 4. The smallest absolute Gasteiger partial charge is 0.306 e. The first-order chi connectivity index (χ1) is 13.3. The average Bonchev–Trinajstić information content (AvgIpc) is 2.60. The average molecular weight is 426 g/mol. The second-order valence-electron chi connectivity index (χ2n) is 6.21. The Morgan fingerprint density at radius 1 is 1.11 bits per heavy atom. The lowest BCUT2D eigenvalue weighted by molar-refractivity contribution is 0.146. The van der Waals surface area contributed by atoms with Crippen LogP contribution in [0.25, 0.3) is 11.0 Å². The molecular weight excluding hydrogens is 411 g/mol. The number of hydrogen-bond donors (Lipinski definition) is 2. The molecular formula is C18H15Cl2F2N5O. The Bertz CT molecular complexity index is 1050. The summed E-state index contributed by atoms with van der Waals surface area (Å²) in [6.45, 7) is 3.90. The molecule has 0 aliphatic carbocycles. The van der Waals surface area contributed by atoms with Crippen molar-refractivity contribution in [2.45, 2.75) is 26.2 Å². The largest absolute Gasteiger partial charge is 0.323 e. The molecule has 3 aromatic heterocycles. The number of alkyl halides is 2. The summed E-state index contributed by atoms with van der Waals surface area (Å²) in [7, 11) is 0. The highest BCUT2D eigenvalue weighted by atomic mass is 35.5. The zero-order valence-electron chi connectivity index (χ0n) is 14.8. The maximum absolute atomic E-state index is 12.7. The minimum atomic E-state index is -2.80. The number of nitrogens with one attached hydrogen (secondary N) is 2. The van der Waals surface area contributed by atoms with Gasteiger partial charge < -0.3 is 10.6 Å². The third-order valence-corrected chi connectivity index (χ3v) is 4.39. The number of pyridine rings is 3. The fraction of sp³-hybridized carbons (Fsp3) is 0.222. The zero-order valence-corrected chi connectivity index (χ0v) is 16.3. The molecule has 0 saturated heterocycles. The van der Waals surface area contributed by atoms with Gasteiger partial charge in [0.05, 0.1) is 39.8 Å². The van der Waals surface area contributed by atoms with Crippen LogP contribution in [0.5, 0.6) is 0 Å². The van der Waals surface area contributed by atoms with Crippen molar-refractivity contribution in [2.75, 3.05) is 10.6 Å². The summed E-state index contributed by atoms with van der Waals surface area (Å²) in [4.78, 5) is 24.6. The van der Waals surface area contributed by atoms with E-state index in [1.165, 1.54) is 12.3 Å². The van der Waals surface area contributed by atoms with Crippen LogP contribution in [-0.4, -0.2) is 21.0 Å². The van der Waals surface area contributed by atoms with Crippen LogP contribution in [0, 0.1) is 0 Å². The van der Waals surface area contributed by atoms with Crippen LogP contribution >= 0.6 is 23.2 Å². The van der Waals surface area contributed by atoms with E-state index in [1.807, 2.05) is 13.8 Å². The molecule has 0 aliphatic heterocycles. The highest BCUT2D eigenvalue weighted by molar-refractivity contribution is 6.31. The lowest BCUT2D eigenvalue weighted by atomic mass is 10.0. The molecule has 10 heteroatoms. The lowest BCUT2D eigenvalue weighted by Gasteiger charge is -2.16. The summed E-state index contributed by atoms with van der Waals surface area (Å²) in [6, 6.07) is 3.99. The molecule has 3 heterocycles. The minimum absolute atomic E-state index is 0.0215. The molecule has 146 valence electrons. The van der Waals surface area contributed by atoms with Crippen molar-refractivity contribution < 1.29 is 13.6 Å². The van der Waals surface area contributed by atoms with Crippen LogP contribution in [0.1, 0.15) is 37.4 Å². The molecule has 0 saturated carbocycles. The number of anilines is 2. The quantitative estimate of drug-likeness (QED) is 0.499. The van der Waals surface area contributed by atoms with E-state index in [4.69, 9.17) is 23.2 Å². The Kier molecular flexibility index (Phi) is 5.90. The van der Waals surface area contributed by atoms with E-state index in [0.717, 1.165) is 11.8 Å². The lowest BCUT2D eigenvalue weighted by Crippen LogP contribution is -2.21. The van der Waals surface area contributed by atoms with Crippen LogP contribution in [0.4, 0.5) is 25.0 Å². The van der Waals surface area contributed by atoms with E-state index in [0.29, 0.717) is 21.9 Å². The van der Waals surface area contributed by atoms with Crippen molar-refractivity contribution in [3.05, 3.63) is 52.0 Å². The Morgan fingerprint density at radius 2 is 1.86 bits per heavy atom. The van der Waals surface area contributed by atoms with E-state index in [2.05, 4.69) is 25.6 Å². The van der Waals surface area contributed by atoms with Gasteiger partial charge in [0.15, 0.2) is 0 Å². The predicted molar refractivity (Wildman–Crippen MR) is 105 cm³/mol. The van der Waals surface area contributed by atoms with E-state index >= 15 is 0 Å². The number of carbonyl (C=O) groups excluding carboxylic acids is 1. The number of amides is 2. The summed E-state index contributed by atoms with van der Waals surface area (Å²) >= 11 is 11.8. The van der Waals surface area contributed by atoms with Crippen molar-refractivity contribution in [2.24, 2.45) is 0 Å². The first-order valence-corrected chi connectivity index (χ1v) is 8.98. The summed E-state index contributed by atoms with van der Waals surface area (Å²) in [5.41, 5.74) is 2.10. The van der Waals surface area contributed by atoms with E-state index < -0.39 is 18.2 Å². The Balaban J connectivity index is 1.87. The molecule has 0 atom stereocenters. The maximum Gasteiger partial charge on any atom is 0.323 e. The SMILES string of the molecule is CC(C)c1c(NC(=O)Nc2cnc(C(F)F)c(Cl)c2)cnc2ccc(Cl)nc12. The number of hydrogen-bond acceptors (Lipinski definition) is 4. The standard InChI is InChI=1S/C18H15Cl2F2N5O/c1-8(2)14-12(7-23-11-3-4-13(20)27-16(11)14)26-18(28)25-9-5-10(19)15(17(21)22)24-6-9/h3-8,17H,1-2H3,(H2,25,26,28). The summed E-state index contributed by atoms with van der Waals surface area (Å²) in [6.07, 6.45) is -0.166. The van der Waals surface area contributed by atoms with Gasteiger partial charge in [0, 0.05) is 5.56 Å². The molecule has 0 spiro atoms. The van der Waals surface area contributed by atoms with Gasteiger partial charge in [0.2, 0.25) is 0 Å². The number of nitrogens with zero attached hydrogens (tertiary/aromatic N) is 3. The Morgan fingerprint density at radius 3 is 2.50 bits per heavy atom. The van der Waals surface area contributed by atoms with Crippen LogP contribution in [0.3, 0.4) is 0 Å². The third-order valence-electron chi connectivity index (χ3n) is 3.88. The molecule has 3 rings (SSSR count). The molecule has 0 aliphatic rings. The molecule has 0 unspecified atom stereocenters. The zero-order chi connectivity index (χ0) is 20.4. The Labute approximate surface area is 169 Å². The number of urea groups is 1. The third kappa shape index (κ3) is 4.28. The molecule has 0 fully saturated rings. The molecule has 0 aromatic carbocycles. The van der Waals surface area contributed by atoms with Gasteiger partial charge in [-0.2, -0.15) is 0 Å². The normalized spacial score (nSPS) is 11.3. The van der Waals surface area contributed by atoms with E-state index in [-0.39, 0.29) is 16.6 Å². The highest BCUT2D eigenvalue weighted by Gasteiger charge is 2.17. The fourth-order valence-electron chi connectivity index (χ4n) is 2.71. The van der Waals surface area contributed by atoms with Gasteiger partial charge in [-0.15, -0.1) is 0 Å². The molecule has 28 heavy (non-hydrogen) atoms. The van der Waals surface area contributed by atoms with Crippen molar-refractivity contribution in [3.8, 4) is 0 Å². The first kappa shape index (κ1) is 20.2. The van der Waals surface area contributed by atoms with Gasteiger partial charge in [-0.3, -0.25) is 9.97 Å². The summed E-state index contributed by atoms with van der Waals surface area (Å²) in [5, 5.41) is 5.28. The molecule has 0 bridgehead atoms. The number of fused-ring (bicyclic) bond motifs is 1. The van der Waals surface area contributed by atoms with Gasteiger partial charge in [-0.1, -0.05) is 37.0 Å². The maximum atomic E-state index is 12.7. The van der Waals surface area contributed by atoms with Crippen molar-refractivity contribution >= 4 is 51.6 Å². The van der Waals surface area contributed by atoms with Crippen LogP contribution < -0.4 is 10.6 Å². The van der Waals surface area contributed by atoms with E-state index in [1.54, 1.807) is 12.1 Å². The minimum Gasteiger partial charge on any atom is -0.306 e. The molecule has 2 amide bonds. The monoisotopic (exact) mass is 425 g/mol.